The third kappa shape index (κ3) is 8.08. The van der Waals surface area contributed by atoms with Gasteiger partial charge in [0, 0.05) is 4.47 Å². The van der Waals surface area contributed by atoms with Gasteiger partial charge in [0.2, 0.25) is 0 Å². The molecule has 9 heteroatoms. The molecule has 154 valence electrons. The van der Waals surface area contributed by atoms with Gasteiger partial charge in [-0.15, -0.1) is 0 Å². The Morgan fingerprint density at radius 2 is 1.69 bits per heavy atom. The zero-order valence-electron chi connectivity index (χ0n) is 16.1. The fraction of sp³-hybridized carbons (Fsp3) is 0.250. The van der Waals surface area contributed by atoms with Crippen LogP contribution >= 0.6 is 28.1 Å². The smallest absolute Gasteiger partial charge is 0.276 e. The molecule has 0 unspecified atom stereocenters. The van der Waals surface area contributed by atoms with Gasteiger partial charge < -0.3 is 9.47 Å². The van der Waals surface area contributed by atoms with Gasteiger partial charge in [0.25, 0.3) is 11.8 Å². The van der Waals surface area contributed by atoms with Gasteiger partial charge in [-0.3, -0.25) is 25.8 Å². The Morgan fingerprint density at radius 1 is 1.00 bits per heavy atom. The monoisotopic (exact) mass is 479 g/mol. The number of thiocarbonyl (C=S) groups is 1. The van der Waals surface area contributed by atoms with Gasteiger partial charge in [0.1, 0.15) is 11.5 Å². The molecule has 0 saturated heterocycles. The van der Waals surface area contributed by atoms with Crippen molar-refractivity contribution >= 4 is 45.1 Å². The number of benzene rings is 2. The van der Waals surface area contributed by atoms with Crippen LogP contribution in [-0.2, 0) is 16.0 Å². The molecule has 2 aromatic carbocycles. The molecule has 0 spiro atoms. The molecular formula is C20H22BrN3O4S. The highest BCUT2D eigenvalue weighted by Crippen LogP contribution is 2.21. The highest BCUT2D eigenvalue weighted by Gasteiger charge is 2.08. The number of aryl methyl sites for hydroxylation is 2. The van der Waals surface area contributed by atoms with Crippen molar-refractivity contribution in [2.45, 2.75) is 20.3 Å². The minimum Gasteiger partial charge on any atom is -0.484 e. The summed E-state index contributed by atoms with van der Waals surface area (Å²) >= 11 is 8.33. The quantitative estimate of drug-likeness (QED) is 0.417. The van der Waals surface area contributed by atoms with Crippen LogP contribution < -0.4 is 25.6 Å². The predicted molar refractivity (Wildman–Crippen MR) is 118 cm³/mol. The van der Waals surface area contributed by atoms with E-state index in [4.69, 9.17) is 21.7 Å². The maximum atomic E-state index is 11.9. The van der Waals surface area contributed by atoms with Crippen molar-refractivity contribution in [2.24, 2.45) is 0 Å². The van der Waals surface area contributed by atoms with Gasteiger partial charge in [-0.2, -0.15) is 0 Å². The predicted octanol–water partition coefficient (Wildman–Crippen LogP) is 2.80. The zero-order valence-corrected chi connectivity index (χ0v) is 18.5. The topological polar surface area (TPSA) is 88.7 Å². The first-order valence-electron chi connectivity index (χ1n) is 8.86. The molecule has 0 aliphatic heterocycles. The Kier molecular flexibility index (Phi) is 8.88. The van der Waals surface area contributed by atoms with Gasteiger partial charge in [-0.1, -0.05) is 35.0 Å². The van der Waals surface area contributed by atoms with Crippen molar-refractivity contribution in [1.29, 1.82) is 0 Å². The fourth-order valence-corrected chi connectivity index (χ4v) is 2.89. The van der Waals surface area contributed by atoms with Crippen molar-refractivity contribution in [3.05, 3.63) is 58.1 Å². The molecule has 0 atom stereocenters. The summed E-state index contributed by atoms with van der Waals surface area (Å²) in [5.41, 5.74) is 6.88. The van der Waals surface area contributed by atoms with Gasteiger partial charge in [0.05, 0.1) is 0 Å². The van der Waals surface area contributed by atoms with E-state index in [1.165, 1.54) is 5.56 Å². The summed E-state index contributed by atoms with van der Waals surface area (Å²) in [6.45, 7) is 3.53. The average molecular weight is 480 g/mol. The zero-order chi connectivity index (χ0) is 21.2. The third-order valence-corrected chi connectivity index (χ3v) is 4.46. The highest BCUT2D eigenvalue weighted by molar-refractivity contribution is 9.10. The van der Waals surface area contributed by atoms with E-state index in [0.29, 0.717) is 11.5 Å². The molecule has 0 aliphatic rings. The number of hydrogen-bond donors (Lipinski definition) is 3. The van der Waals surface area contributed by atoms with Crippen LogP contribution in [0, 0.1) is 6.92 Å². The molecule has 0 radical (unpaired) electrons. The summed E-state index contributed by atoms with van der Waals surface area (Å²) in [5, 5.41) is 2.36. The van der Waals surface area contributed by atoms with Crippen molar-refractivity contribution in [3.63, 3.8) is 0 Å². The molecule has 3 N–H and O–H groups in total. The lowest BCUT2D eigenvalue weighted by Gasteiger charge is -2.12. The van der Waals surface area contributed by atoms with Crippen molar-refractivity contribution in [2.75, 3.05) is 13.2 Å². The number of halogens is 1. The van der Waals surface area contributed by atoms with Crippen molar-refractivity contribution < 1.29 is 19.1 Å². The molecule has 0 fully saturated rings. The SMILES string of the molecule is CCc1ccc(OCC(=O)NC(=S)NNC(=O)COc2ccc(Br)cc2C)cc1. The van der Waals surface area contributed by atoms with Gasteiger partial charge >= 0.3 is 0 Å². The normalized spacial score (nSPS) is 10.0. The molecule has 2 rings (SSSR count). The summed E-state index contributed by atoms with van der Waals surface area (Å²) < 4.78 is 11.8. The van der Waals surface area contributed by atoms with Crippen LogP contribution in [-0.4, -0.2) is 30.1 Å². The first kappa shape index (κ1) is 22.6. The third-order valence-electron chi connectivity index (χ3n) is 3.77. The second-order valence-electron chi connectivity index (χ2n) is 6.04. The van der Waals surface area contributed by atoms with Crippen molar-refractivity contribution in [3.8, 4) is 11.5 Å². The molecular weight excluding hydrogens is 458 g/mol. The summed E-state index contributed by atoms with van der Waals surface area (Å²) in [4.78, 5) is 23.7. The van der Waals surface area contributed by atoms with Gasteiger partial charge in [0.15, 0.2) is 18.3 Å². The molecule has 0 heterocycles. The minimum absolute atomic E-state index is 0.0481. The summed E-state index contributed by atoms with van der Waals surface area (Å²) in [6, 6.07) is 13.0. The van der Waals surface area contributed by atoms with E-state index < -0.39 is 11.8 Å². The Bertz CT molecular complexity index is 875. The fourth-order valence-electron chi connectivity index (χ4n) is 2.24. The van der Waals surface area contributed by atoms with Crippen LogP contribution in [0.1, 0.15) is 18.1 Å². The average Bonchev–Trinajstić information content (AvgIpc) is 2.70. The van der Waals surface area contributed by atoms with E-state index in [2.05, 4.69) is 39.0 Å². The van der Waals surface area contributed by atoms with Gasteiger partial charge in [-0.05, 0) is 67.0 Å². The van der Waals surface area contributed by atoms with E-state index in [-0.39, 0.29) is 18.3 Å². The Balaban J connectivity index is 1.66. The number of ether oxygens (including phenoxy) is 2. The van der Waals surface area contributed by atoms with E-state index in [1.807, 2.05) is 31.2 Å². The summed E-state index contributed by atoms with van der Waals surface area (Å²) in [5.74, 6) is 0.294. The maximum absolute atomic E-state index is 11.9. The van der Waals surface area contributed by atoms with Crippen LogP contribution in [0.25, 0.3) is 0 Å². The molecule has 2 amide bonds. The summed E-state index contributed by atoms with van der Waals surface area (Å²) in [7, 11) is 0. The van der Waals surface area contributed by atoms with E-state index in [0.717, 1.165) is 16.5 Å². The molecule has 7 nitrogen and oxygen atoms in total. The number of rotatable bonds is 7. The second kappa shape index (κ2) is 11.4. The molecule has 0 bridgehead atoms. The van der Waals surface area contributed by atoms with Gasteiger partial charge in [-0.25, -0.2) is 0 Å². The van der Waals surface area contributed by atoms with Crippen LogP contribution in [0.5, 0.6) is 11.5 Å². The first-order chi connectivity index (χ1) is 13.9. The number of hydrogen-bond acceptors (Lipinski definition) is 5. The van der Waals surface area contributed by atoms with E-state index in [9.17, 15) is 9.59 Å². The lowest BCUT2D eigenvalue weighted by atomic mass is 10.2. The van der Waals surface area contributed by atoms with E-state index >= 15 is 0 Å². The van der Waals surface area contributed by atoms with Crippen LogP contribution in [0.15, 0.2) is 46.9 Å². The minimum atomic E-state index is -0.448. The second-order valence-corrected chi connectivity index (χ2v) is 7.36. The molecule has 2 aromatic rings. The number of carbonyl (C=O) groups is 2. The lowest BCUT2D eigenvalue weighted by Crippen LogP contribution is -2.50. The maximum Gasteiger partial charge on any atom is 0.276 e. The van der Waals surface area contributed by atoms with Crippen LogP contribution in [0.4, 0.5) is 0 Å². The first-order valence-corrected chi connectivity index (χ1v) is 10.1. The Morgan fingerprint density at radius 3 is 2.34 bits per heavy atom. The molecule has 0 aliphatic carbocycles. The lowest BCUT2D eigenvalue weighted by molar-refractivity contribution is -0.124. The number of amides is 2. The van der Waals surface area contributed by atoms with Crippen LogP contribution in [0.2, 0.25) is 0 Å². The van der Waals surface area contributed by atoms with Crippen LogP contribution in [0.3, 0.4) is 0 Å². The molecule has 0 saturated carbocycles. The Hall–Kier alpha value is -2.65. The standard InChI is InChI=1S/C20H22BrN3O4S/c1-3-14-4-7-16(8-5-14)27-11-18(25)22-20(29)24-23-19(26)12-28-17-9-6-15(21)10-13(17)2/h4-10H,3,11-12H2,1-2H3,(H,23,26)(H2,22,24,25,29). The number of carbonyl (C=O) groups excluding carboxylic acids is 2. The largest absolute Gasteiger partial charge is 0.484 e. The number of nitrogens with one attached hydrogen (secondary N) is 3. The Labute approximate surface area is 183 Å². The molecule has 0 aromatic heterocycles. The highest BCUT2D eigenvalue weighted by atomic mass is 79.9. The van der Waals surface area contributed by atoms with Crippen molar-refractivity contribution in [1.82, 2.24) is 16.2 Å². The number of hydrazine groups is 1. The summed E-state index contributed by atoms with van der Waals surface area (Å²) in [6.07, 6.45) is 0.931. The van der Waals surface area contributed by atoms with E-state index in [1.54, 1.807) is 18.2 Å². The molecule has 29 heavy (non-hydrogen) atoms.